The lowest BCUT2D eigenvalue weighted by atomic mass is 10.1. The fourth-order valence-corrected chi connectivity index (χ4v) is 2.79. The molecular formula is C17H21NS. The maximum atomic E-state index is 3.46. The molecule has 0 bridgehead atoms. The number of aryl methyl sites for hydroxylation is 3. The van der Waals surface area contributed by atoms with E-state index in [2.05, 4.69) is 68.6 Å². The van der Waals surface area contributed by atoms with Gasteiger partial charge in [0.1, 0.15) is 0 Å². The van der Waals surface area contributed by atoms with Gasteiger partial charge in [0.25, 0.3) is 0 Å². The molecule has 100 valence electrons. The van der Waals surface area contributed by atoms with Crippen molar-refractivity contribution in [2.75, 3.05) is 17.6 Å². The Kier molecular flexibility index (Phi) is 4.92. The first kappa shape index (κ1) is 14.0. The largest absolute Gasteiger partial charge is 0.384 e. The predicted octanol–water partition coefficient (Wildman–Crippen LogP) is 4.82. The SMILES string of the molecule is Cc1cccc(NCCSc2ccc(C)c(C)c2)c1. The first-order valence-corrected chi connectivity index (χ1v) is 7.64. The summed E-state index contributed by atoms with van der Waals surface area (Å²) in [6.07, 6.45) is 0. The van der Waals surface area contributed by atoms with Crippen molar-refractivity contribution in [3.8, 4) is 0 Å². The van der Waals surface area contributed by atoms with Gasteiger partial charge in [0.2, 0.25) is 0 Å². The number of nitrogens with one attached hydrogen (secondary N) is 1. The molecule has 0 spiro atoms. The molecule has 1 nitrogen and oxygen atoms in total. The Balaban J connectivity index is 1.79. The zero-order valence-corrected chi connectivity index (χ0v) is 12.7. The molecular weight excluding hydrogens is 250 g/mol. The lowest BCUT2D eigenvalue weighted by molar-refractivity contribution is 1.21. The Morgan fingerprint density at radius 1 is 0.947 bits per heavy atom. The first-order valence-electron chi connectivity index (χ1n) is 6.66. The number of anilines is 1. The van der Waals surface area contributed by atoms with E-state index in [1.165, 1.54) is 27.3 Å². The molecule has 0 aromatic heterocycles. The minimum atomic E-state index is 0.987. The van der Waals surface area contributed by atoms with Crippen molar-refractivity contribution in [2.45, 2.75) is 25.7 Å². The topological polar surface area (TPSA) is 12.0 Å². The summed E-state index contributed by atoms with van der Waals surface area (Å²) in [6.45, 7) is 7.43. The van der Waals surface area contributed by atoms with Crippen LogP contribution >= 0.6 is 11.8 Å². The third-order valence-electron chi connectivity index (χ3n) is 3.20. The summed E-state index contributed by atoms with van der Waals surface area (Å²) in [4.78, 5) is 1.36. The Morgan fingerprint density at radius 3 is 2.53 bits per heavy atom. The molecule has 19 heavy (non-hydrogen) atoms. The van der Waals surface area contributed by atoms with Gasteiger partial charge in [0.05, 0.1) is 0 Å². The van der Waals surface area contributed by atoms with Crippen LogP contribution in [0.5, 0.6) is 0 Å². The van der Waals surface area contributed by atoms with Crippen molar-refractivity contribution in [3.05, 3.63) is 59.2 Å². The Bertz CT molecular complexity index is 549. The van der Waals surface area contributed by atoms with Crippen molar-refractivity contribution in [1.82, 2.24) is 0 Å². The normalized spacial score (nSPS) is 10.5. The van der Waals surface area contributed by atoms with Crippen LogP contribution in [0.4, 0.5) is 5.69 Å². The highest BCUT2D eigenvalue weighted by molar-refractivity contribution is 7.99. The van der Waals surface area contributed by atoms with Gasteiger partial charge in [0, 0.05) is 22.9 Å². The fraction of sp³-hybridized carbons (Fsp3) is 0.294. The average Bonchev–Trinajstić information content (AvgIpc) is 2.39. The van der Waals surface area contributed by atoms with Crippen LogP contribution in [-0.2, 0) is 0 Å². The molecule has 0 heterocycles. The van der Waals surface area contributed by atoms with E-state index in [0.717, 1.165) is 12.3 Å². The van der Waals surface area contributed by atoms with E-state index in [1.807, 2.05) is 11.8 Å². The van der Waals surface area contributed by atoms with Gasteiger partial charge in [-0.15, -0.1) is 11.8 Å². The van der Waals surface area contributed by atoms with Crippen LogP contribution in [0.1, 0.15) is 16.7 Å². The summed E-state index contributed by atoms with van der Waals surface area (Å²) in [6, 6.07) is 15.2. The standard InChI is InChI=1S/C17H21NS/c1-13-5-4-6-16(11-13)18-9-10-19-17-8-7-14(2)15(3)12-17/h4-8,11-12,18H,9-10H2,1-3H3. The van der Waals surface area contributed by atoms with Crippen molar-refractivity contribution < 1.29 is 0 Å². The van der Waals surface area contributed by atoms with E-state index in [4.69, 9.17) is 0 Å². The van der Waals surface area contributed by atoms with Gasteiger partial charge in [-0.2, -0.15) is 0 Å². The molecule has 2 rings (SSSR count). The summed E-state index contributed by atoms with van der Waals surface area (Å²) in [5.41, 5.74) is 5.24. The zero-order valence-electron chi connectivity index (χ0n) is 11.9. The maximum absolute atomic E-state index is 3.46. The number of hydrogen-bond acceptors (Lipinski definition) is 2. The van der Waals surface area contributed by atoms with E-state index >= 15 is 0 Å². The third-order valence-corrected chi connectivity index (χ3v) is 4.19. The molecule has 0 amide bonds. The van der Waals surface area contributed by atoms with Gasteiger partial charge in [-0.1, -0.05) is 18.2 Å². The second kappa shape index (κ2) is 6.67. The Hall–Kier alpha value is -1.41. The van der Waals surface area contributed by atoms with Crippen LogP contribution in [0.25, 0.3) is 0 Å². The van der Waals surface area contributed by atoms with Gasteiger partial charge in [-0.25, -0.2) is 0 Å². The Labute approximate surface area is 120 Å². The molecule has 2 aromatic rings. The van der Waals surface area contributed by atoms with Crippen molar-refractivity contribution in [3.63, 3.8) is 0 Å². The summed E-state index contributed by atoms with van der Waals surface area (Å²) in [5, 5.41) is 3.46. The van der Waals surface area contributed by atoms with E-state index in [1.54, 1.807) is 0 Å². The van der Waals surface area contributed by atoms with Crippen LogP contribution in [0, 0.1) is 20.8 Å². The van der Waals surface area contributed by atoms with Crippen molar-refractivity contribution in [2.24, 2.45) is 0 Å². The monoisotopic (exact) mass is 271 g/mol. The molecule has 0 aliphatic heterocycles. The van der Waals surface area contributed by atoms with E-state index in [-0.39, 0.29) is 0 Å². The van der Waals surface area contributed by atoms with E-state index in [9.17, 15) is 0 Å². The molecule has 2 heteroatoms. The van der Waals surface area contributed by atoms with Crippen molar-refractivity contribution in [1.29, 1.82) is 0 Å². The van der Waals surface area contributed by atoms with Crippen LogP contribution < -0.4 is 5.32 Å². The van der Waals surface area contributed by atoms with Gasteiger partial charge in [-0.05, 0) is 61.7 Å². The number of hydrogen-bond donors (Lipinski definition) is 1. The second-order valence-electron chi connectivity index (χ2n) is 4.89. The summed E-state index contributed by atoms with van der Waals surface area (Å²) >= 11 is 1.90. The van der Waals surface area contributed by atoms with E-state index in [0.29, 0.717) is 0 Å². The van der Waals surface area contributed by atoms with Gasteiger partial charge < -0.3 is 5.32 Å². The third kappa shape index (κ3) is 4.32. The molecule has 0 saturated carbocycles. The molecule has 0 atom stereocenters. The molecule has 0 radical (unpaired) electrons. The highest BCUT2D eigenvalue weighted by Gasteiger charge is 1.97. The average molecular weight is 271 g/mol. The number of rotatable bonds is 5. The molecule has 2 aromatic carbocycles. The van der Waals surface area contributed by atoms with Crippen LogP contribution in [0.15, 0.2) is 47.4 Å². The highest BCUT2D eigenvalue weighted by atomic mass is 32.2. The first-order chi connectivity index (χ1) is 9.15. The Morgan fingerprint density at radius 2 is 1.79 bits per heavy atom. The lowest BCUT2D eigenvalue weighted by Gasteiger charge is -2.08. The van der Waals surface area contributed by atoms with Crippen LogP contribution in [0.2, 0.25) is 0 Å². The molecule has 0 saturated heterocycles. The quantitative estimate of drug-likeness (QED) is 0.618. The summed E-state index contributed by atoms with van der Waals surface area (Å²) in [5.74, 6) is 1.08. The van der Waals surface area contributed by atoms with Gasteiger partial charge >= 0.3 is 0 Å². The zero-order chi connectivity index (χ0) is 13.7. The number of benzene rings is 2. The maximum Gasteiger partial charge on any atom is 0.0343 e. The molecule has 0 aliphatic rings. The van der Waals surface area contributed by atoms with Gasteiger partial charge in [0.15, 0.2) is 0 Å². The van der Waals surface area contributed by atoms with Crippen LogP contribution in [-0.4, -0.2) is 12.3 Å². The molecule has 1 N–H and O–H groups in total. The molecule has 0 fully saturated rings. The molecule has 0 aliphatic carbocycles. The minimum absolute atomic E-state index is 0.987. The fourth-order valence-electron chi connectivity index (χ4n) is 1.92. The predicted molar refractivity (Wildman–Crippen MR) is 86.3 cm³/mol. The number of thioether (sulfide) groups is 1. The summed E-state index contributed by atoms with van der Waals surface area (Å²) in [7, 11) is 0. The molecule has 0 unspecified atom stereocenters. The summed E-state index contributed by atoms with van der Waals surface area (Å²) < 4.78 is 0. The highest BCUT2D eigenvalue weighted by Crippen LogP contribution is 2.21. The second-order valence-corrected chi connectivity index (χ2v) is 6.06. The van der Waals surface area contributed by atoms with E-state index < -0.39 is 0 Å². The van der Waals surface area contributed by atoms with Gasteiger partial charge in [-0.3, -0.25) is 0 Å². The smallest absolute Gasteiger partial charge is 0.0343 e. The minimum Gasteiger partial charge on any atom is -0.384 e. The lowest BCUT2D eigenvalue weighted by Crippen LogP contribution is -2.03. The van der Waals surface area contributed by atoms with Crippen molar-refractivity contribution >= 4 is 17.4 Å². The van der Waals surface area contributed by atoms with Crippen LogP contribution in [0.3, 0.4) is 0 Å².